The van der Waals surface area contributed by atoms with E-state index in [-0.39, 0.29) is 0 Å². The third kappa shape index (κ3) is 3.97. The predicted octanol–water partition coefficient (Wildman–Crippen LogP) is 2.30. The number of piperidine rings is 1. The molecule has 1 aromatic heterocycles. The number of hydrogen-bond donors (Lipinski definition) is 1. The highest BCUT2D eigenvalue weighted by Crippen LogP contribution is 2.29. The Balaban J connectivity index is 1.45. The predicted molar refractivity (Wildman–Crippen MR) is 97.0 cm³/mol. The molecule has 5 nitrogen and oxygen atoms in total. The maximum atomic E-state index is 10.6. The molecule has 0 amide bonds. The third-order valence-electron chi connectivity index (χ3n) is 5.15. The minimum absolute atomic E-state index is 0.314. The average Bonchev–Trinajstić information content (AvgIpc) is 3.06. The lowest BCUT2D eigenvalue weighted by Crippen LogP contribution is -2.40. The van der Waals surface area contributed by atoms with Gasteiger partial charge in [-0.2, -0.15) is 0 Å². The molecule has 24 heavy (non-hydrogen) atoms. The van der Waals surface area contributed by atoms with Crippen molar-refractivity contribution in [1.82, 2.24) is 14.5 Å². The SMILES string of the molecule is CN(CCN1CCC(C(O)c2nccn2C)CC1)c1ccccc1. The second-order valence-electron chi connectivity index (χ2n) is 6.78. The van der Waals surface area contributed by atoms with Crippen LogP contribution < -0.4 is 4.90 Å². The molecule has 1 saturated heterocycles. The zero-order valence-electron chi connectivity index (χ0n) is 14.7. The van der Waals surface area contributed by atoms with Gasteiger partial charge in [-0.05, 0) is 44.0 Å². The van der Waals surface area contributed by atoms with Crippen molar-refractivity contribution in [3.63, 3.8) is 0 Å². The van der Waals surface area contributed by atoms with Crippen LogP contribution >= 0.6 is 0 Å². The molecule has 1 aromatic carbocycles. The summed E-state index contributed by atoms with van der Waals surface area (Å²) >= 11 is 0. The lowest BCUT2D eigenvalue weighted by Gasteiger charge is -2.35. The van der Waals surface area contributed by atoms with Crippen LogP contribution in [0.15, 0.2) is 42.7 Å². The number of hydrogen-bond acceptors (Lipinski definition) is 4. The number of likely N-dealkylation sites (tertiary alicyclic amines) is 1. The number of anilines is 1. The molecule has 2 aromatic rings. The number of aliphatic hydroxyl groups is 1. The summed E-state index contributed by atoms with van der Waals surface area (Å²) in [5, 5.41) is 10.6. The Morgan fingerprint density at radius 2 is 1.96 bits per heavy atom. The van der Waals surface area contributed by atoms with Crippen LogP contribution in [0.25, 0.3) is 0 Å². The molecule has 0 saturated carbocycles. The van der Waals surface area contributed by atoms with Crippen molar-refractivity contribution in [1.29, 1.82) is 0 Å². The van der Waals surface area contributed by atoms with Gasteiger partial charge < -0.3 is 19.5 Å². The summed E-state index contributed by atoms with van der Waals surface area (Å²) in [6.07, 6.45) is 5.27. The number of rotatable bonds is 6. The highest BCUT2D eigenvalue weighted by atomic mass is 16.3. The van der Waals surface area contributed by atoms with E-state index in [1.807, 2.05) is 17.8 Å². The first-order valence-corrected chi connectivity index (χ1v) is 8.79. The van der Waals surface area contributed by atoms with Gasteiger partial charge in [0, 0.05) is 45.3 Å². The van der Waals surface area contributed by atoms with Gasteiger partial charge in [0.2, 0.25) is 0 Å². The van der Waals surface area contributed by atoms with E-state index in [1.54, 1.807) is 6.20 Å². The van der Waals surface area contributed by atoms with Crippen LogP contribution in [0.2, 0.25) is 0 Å². The maximum absolute atomic E-state index is 10.6. The Bertz CT molecular complexity index is 619. The Morgan fingerprint density at radius 3 is 2.58 bits per heavy atom. The highest BCUT2D eigenvalue weighted by molar-refractivity contribution is 5.44. The van der Waals surface area contributed by atoms with Crippen LogP contribution in [0.5, 0.6) is 0 Å². The zero-order valence-corrected chi connectivity index (χ0v) is 14.7. The van der Waals surface area contributed by atoms with Crippen LogP contribution in [0, 0.1) is 5.92 Å². The monoisotopic (exact) mass is 328 g/mol. The van der Waals surface area contributed by atoms with Crippen LogP contribution in [-0.4, -0.2) is 52.8 Å². The highest BCUT2D eigenvalue weighted by Gasteiger charge is 2.28. The van der Waals surface area contributed by atoms with E-state index in [0.717, 1.165) is 44.8 Å². The Kier molecular flexibility index (Phi) is 5.53. The standard InChI is InChI=1S/C19H28N4O/c1-21(17-6-4-3-5-7-17)14-15-23-11-8-16(9-12-23)18(24)19-20-10-13-22(19)2/h3-7,10,13,16,18,24H,8-9,11-12,14-15H2,1-2H3. The van der Waals surface area contributed by atoms with Gasteiger partial charge in [0.25, 0.3) is 0 Å². The molecular formula is C19H28N4O. The Hall–Kier alpha value is -1.85. The van der Waals surface area contributed by atoms with Crippen molar-refractivity contribution >= 4 is 5.69 Å². The summed E-state index contributed by atoms with van der Waals surface area (Å²) in [6.45, 7) is 4.19. The topological polar surface area (TPSA) is 44.5 Å². The summed E-state index contributed by atoms with van der Waals surface area (Å²) in [5.74, 6) is 1.10. The molecule has 1 unspecified atom stereocenters. The van der Waals surface area contributed by atoms with E-state index < -0.39 is 6.10 Å². The summed E-state index contributed by atoms with van der Waals surface area (Å²) in [4.78, 5) is 9.10. The fourth-order valence-corrected chi connectivity index (χ4v) is 3.47. The number of imidazole rings is 1. The molecule has 130 valence electrons. The second-order valence-corrected chi connectivity index (χ2v) is 6.78. The molecule has 1 aliphatic rings. The first-order valence-electron chi connectivity index (χ1n) is 8.79. The van der Waals surface area contributed by atoms with Crippen LogP contribution in [0.3, 0.4) is 0 Å². The van der Waals surface area contributed by atoms with Gasteiger partial charge in [-0.25, -0.2) is 4.98 Å². The van der Waals surface area contributed by atoms with E-state index in [2.05, 4.69) is 52.2 Å². The molecule has 0 spiro atoms. The van der Waals surface area contributed by atoms with E-state index >= 15 is 0 Å². The Labute approximate surface area is 144 Å². The first kappa shape index (κ1) is 17.0. The molecule has 3 rings (SSSR count). The van der Waals surface area contributed by atoms with Gasteiger partial charge in [-0.3, -0.25) is 0 Å². The lowest BCUT2D eigenvalue weighted by molar-refractivity contribution is 0.0519. The number of nitrogens with zero attached hydrogens (tertiary/aromatic N) is 4. The first-order chi connectivity index (χ1) is 11.6. The van der Waals surface area contributed by atoms with Crippen molar-refractivity contribution in [3.8, 4) is 0 Å². The molecule has 0 bridgehead atoms. The largest absolute Gasteiger partial charge is 0.385 e. The number of para-hydroxylation sites is 1. The maximum Gasteiger partial charge on any atom is 0.137 e. The minimum Gasteiger partial charge on any atom is -0.385 e. The fourth-order valence-electron chi connectivity index (χ4n) is 3.47. The third-order valence-corrected chi connectivity index (χ3v) is 5.15. The van der Waals surface area contributed by atoms with Crippen LogP contribution in [0.4, 0.5) is 5.69 Å². The number of aromatic nitrogens is 2. The van der Waals surface area contributed by atoms with Gasteiger partial charge in [-0.15, -0.1) is 0 Å². The zero-order chi connectivity index (χ0) is 16.9. The van der Waals surface area contributed by atoms with E-state index in [4.69, 9.17) is 0 Å². The number of likely N-dealkylation sites (N-methyl/N-ethyl adjacent to an activating group) is 1. The summed E-state index contributed by atoms with van der Waals surface area (Å²) in [7, 11) is 4.09. The van der Waals surface area contributed by atoms with Crippen molar-refractivity contribution in [2.75, 3.05) is 38.1 Å². The van der Waals surface area contributed by atoms with Crippen molar-refractivity contribution in [2.45, 2.75) is 18.9 Å². The fraction of sp³-hybridized carbons (Fsp3) is 0.526. The normalized spacial score (nSPS) is 17.8. The minimum atomic E-state index is -0.445. The number of benzene rings is 1. The summed E-state index contributed by atoms with van der Waals surface area (Å²) in [6, 6.07) is 10.5. The molecule has 1 aliphatic heterocycles. The molecule has 0 aliphatic carbocycles. The van der Waals surface area contributed by atoms with Gasteiger partial charge in [0.15, 0.2) is 0 Å². The van der Waals surface area contributed by atoms with Crippen LogP contribution in [0.1, 0.15) is 24.8 Å². The van der Waals surface area contributed by atoms with Crippen LogP contribution in [-0.2, 0) is 7.05 Å². The Morgan fingerprint density at radius 1 is 1.25 bits per heavy atom. The molecule has 1 N–H and O–H groups in total. The van der Waals surface area contributed by atoms with Gasteiger partial charge in [-0.1, -0.05) is 18.2 Å². The molecule has 1 atom stereocenters. The van der Waals surface area contributed by atoms with E-state index in [1.165, 1.54) is 5.69 Å². The molecule has 0 radical (unpaired) electrons. The van der Waals surface area contributed by atoms with Gasteiger partial charge in [0.05, 0.1) is 0 Å². The van der Waals surface area contributed by atoms with E-state index in [0.29, 0.717) is 5.92 Å². The second kappa shape index (κ2) is 7.81. The quantitative estimate of drug-likeness (QED) is 0.884. The smallest absolute Gasteiger partial charge is 0.137 e. The van der Waals surface area contributed by atoms with Crippen molar-refractivity contribution in [3.05, 3.63) is 48.5 Å². The van der Waals surface area contributed by atoms with Crippen molar-refractivity contribution in [2.24, 2.45) is 13.0 Å². The average molecular weight is 328 g/mol. The van der Waals surface area contributed by atoms with E-state index in [9.17, 15) is 5.11 Å². The van der Waals surface area contributed by atoms with Gasteiger partial charge in [0.1, 0.15) is 11.9 Å². The molecular weight excluding hydrogens is 300 g/mol. The molecule has 2 heterocycles. The lowest BCUT2D eigenvalue weighted by atomic mass is 9.90. The number of aliphatic hydroxyl groups excluding tert-OH is 1. The summed E-state index contributed by atoms with van der Waals surface area (Å²) < 4.78 is 1.92. The molecule has 5 heteroatoms. The summed E-state index contributed by atoms with van der Waals surface area (Å²) in [5.41, 5.74) is 1.26. The molecule has 1 fully saturated rings. The number of aryl methyl sites for hydroxylation is 1. The van der Waals surface area contributed by atoms with Crippen molar-refractivity contribution < 1.29 is 5.11 Å². The van der Waals surface area contributed by atoms with Gasteiger partial charge >= 0.3 is 0 Å².